The molecule has 0 aliphatic rings. The van der Waals surface area contributed by atoms with Gasteiger partial charge in [0, 0.05) is 0 Å². The Balaban J connectivity index is 2.13. The van der Waals surface area contributed by atoms with E-state index in [1.165, 1.54) is 0 Å². The summed E-state index contributed by atoms with van der Waals surface area (Å²) in [6, 6.07) is 30.7. The van der Waals surface area contributed by atoms with Gasteiger partial charge in [0.05, 0.1) is 0 Å². The molecule has 0 aliphatic carbocycles. The molecule has 3 aromatic carbocycles. The molecule has 0 aliphatic heterocycles. The molecule has 0 fully saturated rings. The molecule has 0 aromatic heterocycles. The van der Waals surface area contributed by atoms with Gasteiger partial charge in [-0.3, -0.25) is 0 Å². The summed E-state index contributed by atoms with van der Waals surface area (Å²) in [5.41, 5.74) is 6.77. The molecule has 0 radical (unpaired) electrons. The first-order chi connectivity index (χ1) is 15.1. The average Bonchev–Trinajstić information content (AvgIpc) is 2.83. The van der Waals surface area contributed by atoms with Gasteiger partial charge < -0.3 is 0 Å². The molecule has 0 bridgehead atoms. The van der Waals surface area contributed by atoms with Gasteiger partial charge in [-0.1, -0.05) is 0 Å². The minimum atomic E-state index is -3.33. The fraction of sp³-hybridized carbons (Fsp3) is 0.0714. The minimum absolute atomic E-state index is 0.920. The zero-order chi connectivity index (χ0) is 21.9. The van der Waals surface area contributed by atoms with E-state index in [-0.39, 0.29) is 0 Å². The Morgan fingerprint density at radius 3 is 1.35 bits per heavy atom. The quantitative estimate of drug-likeness (QED) is 0.250. The molecular formula is C28H26ClPS. The molecule has 3 heteroatoms. The summed E-state index contributed by atoms with van der Waals surface area (Å²) in [6.07, 6.45) is 6.25. The Morgan fingerprint density at radius 2 is 1.03 bits per heavy atom. The van der Waals surface area contributed by atoms with E-state index < -0.39 is 5.96 Å². The molecule has 0 unspecified atom stereocenters. The topological polar surface area (TPSA) is 0 Å². The maximum atomic E-state index is 7.57. The van der Waals surface area contributed by atoms with Crippen molar-refractivity contribution >= 4 is 47.2 Å². The van der Waals surface area contributed by atoms with E-state index in [0.29, 0.717) is 0 Å². The third-order valence-corrected chi connectivity index (χ3v) is 9.41. The van der Waals surface area contributed by atoms with Crippen molar-refractivity contribution in [3.8, 4) is 10.9 Å². The predicted molar refractivity (Wildman–Crippen MR) is 145 cm³/mol. The number of hydrogen-bond donors (Lipinski definition) is 0. The Bertz CT molecular complexity index is 984. The van der Waals surface area contributed by atoms with E-state index in [1.807, 2.05) is 54.6 Å². The molecule has 31 heavy (non-hydrogen) atoms. The average molecular weight is 461 g/mol. The van der Waals surface area contributed by atoms with Crippen LogP contribution in [0.5, 0.6) is 0 Å². The van der Waals surface area contributed by atoms with Gasteiger partial charge in [0.2, 0.25) is 0 Å². The molecule has 0 spiro atoms. The molecule has 0 saturated carbocycles. The number of thioether (sulfide) groups is 1. The zero-order valence-corrected chi connectivity index (χ0v) is 20.0. The standard InChI is InChI=1S/C28H26ClPS/c1-2-31-25-24-30(29,21-18-26-12-6-3-7-13-26,22-19-27-14-8-4-9-15-27)23-20-28-16-10-5-11-17-28/h3-23H,2H2,1H3/b21-18+,22-19+,23-20+. The van der Waals surface area contributed by atoms with E-state index in [2.05, 4.69) is 89.9 Å². The zero-order valence-electron chi connectivity index (χ0n) is 17.6. The van der Waals surface area contributed by atoms with Gasteiger partial charge in [-0.05, 0) is 0 Å². The van der Waals surface area contributed by atoms with Crippen LogP contribution >= 0.6 is 29.0 Å². The summed E-state index contributed by atoms with van der Waals surface area (Å²) < 4.78 is 0. The summed E-state index contributed by atoms with van der Waals surface area (Å²) in [4.78, 5) is 0. The monoisotopic (exact) mass is 460 g/mol. The van der Waals surface area contributed by atoms with Gasteiger partial charge >= 0.3 is 196 Å². The number of rotatable bonds is 7. The van der Waals surface area contributed by atoms with Gasteiger partial charge in [-0.15, -0.1) is 0 Å². The van der Waals surface area contributed by atoms with Crippen LogP contribution in [0.25, 0.3) is 18.2 Å². The van der Waals surface area contributed by atoms with Gasteiger partial charge in [0.1, 0.15) is 0 Å². The molecule has 3 aromatic rings. The van der Waals surface area contributed by atoms with Crippen LogP contribution in [0, 0.1) is 10.9 Å². The van der Waals surface area contributed by atoms with Crippen molar-refractivity contribution in [3.63, 3.8) is 0 Å². The molecule has 0 amide bonds. The predicted octanol–water partition coefficient (Wildman–Crippen LogP) is 9.38. The van der Waals surface area contributed by atoms with Crippen molar-refractivity contribution in [2.75, 3.05) is 5.75 Å². The van der Waals surface area contributed by atoms with Gasteiger partial charge in [0.15, 0.2) is 0 Å². The Morgan fingerprint density at radius 1 is 0.677 bits per heavy atom. The van der Waals surface area contributed by atoms with Crippen molar-refractivity contribution in [2.24, 2.45) is 0 Å². The fourth-order valence-electron chi connectivity index (χ4n) is 2.87. The summed E-state index contributed by atoms with van der Waals surface area (Å²) in [5, 5.41) is 3.26. The summed E-state index contributed by atoms with van der Waals surface area (Å²) >= 11 is 9.15. The van der Waals surface area contributed by atoms with Gasteiger partial charge in [0.25, 0.3) is 0 Å². The number of benzene rings is 3. The van der Waals surface area contributed by atoms with Crippen LogP contribution in [0.2, 0.25) is 0 Å². The first-order valence-electron chi connectivity index (χ1n) is 10.2. The molecule has 0 saturated heterocycles. The summed E-state index contributed by atoms with van der Waals surface area (Å²) in [7, 11) is 0. The van der Waals surface area contributed by atoms with Crippen LogP contribution in [-0.2, 0) is 0 Å². The molecular weight excluding hydrogens is 435 g/mol. The molecule has 0 nitrogen and oxygen atoms in total. The van der Waals surface area contributed by atoms with Crippen molar-refractivity contribution in [2.45, 2.75) is 6.92 Å². The second-order valence-electron chi connectivity index (χ2n) is 7.04. The number of halogens is 1. The van der Waals surface area contributed by atoms with Gasteiger partial charge in [-0.25, -0.2) is 0 Å². The Labute approximate surface area is 195 Å². The van der Waals surface area contributed by atoms with Crippen LogP contribution < -0.4 is 0 Å². The summed E-state index contributed by atoms with van der Waals surface area (Å²) in [5.74, 6) is 3.89. The maximum absolute atomic E-state index is 7.57. The van der Waals surface area contributed by atoms with Crippen LogP contribution in [0.1, 0.15) is 23.6 Å². The fourth-order valence-corrected chi connectivity index (χ4v) is 6.80. The van der Waals surface area contributed by atoms with E-state index >= 15 is 0 Å². The Hall–Kier alpha value is -2.49. The molecule has 0 atom stereocenters. The van der Waals surface area contributed by atoms with Crippen LogP contribution in [0.4, 0.5) is 0 Å². The first kappa shape index (κ1) is 23.2. The Kier molecular flexibility index (Phi) is 8.39. The van der Waals surface area contributed by atoms with E-state index in [0.717, 1.165) is 22.4 Å². The summed E-state index contributed by atoms with van der Waals surface area (Å²) in [6.45, 7) is 2.10. The van der Waals surface area contributed by atoms with Gasteiger partial charge in [-0.2, -0.15) is 0 Å². The van der Waals surface area contributed by atoms with E-state index in [9.17, 15) is 0 Å². The van der Waals surface area contributed by atoms with E-state index in [1.54, 1.807) is 11.8 Å². The van der Waals surface area contributed by atoms with Crippen LogP contribution in [0.15, 0.2) is 108 Å². The van der Waals surface area contributed by atoms with Crippen molar-refractivity contribution in [1.82, 2.24) is 0 Å². The second kappa shape index (κ2) is 11.2. The van der Waals surface area contributed by atoms with Crippen LogP contribution in [0.3, 0.4) is 0 Å². The third-order valence-electron chi connectivity index (χ3n) is 4.61. The van der Waals surface area contributed by atoms with Crippen molar-refractivity contribution in [1.29, 1.82) is 0 Å². The molecule has 0 heterocycles. The number of hydrogen-bond acceptors (Lipinski definition) is 1. The molecule has 156 valence electrons. The second-order valence-corrected chi connectivity index (χ2v) is 13.9. The van der Waals surface area contributed by atoms with Crippen LogP contribution in [-0.4, -0.2) is 5.75 Å². The molecule has 3 rings (SSSR count). The first-order valence-corrected chi connectivity index (χ1v) is 14.5. The third kappa shape index (κ3) is 7.30. The SMILES string of the molecule is CCSC#CP(Cl)(/C=C/c1ccccc1)(/C=C/c1ccccc1)/C=C/c1ccccc1. The molecule has 0 N–H and O–H groups in total. The normalized spacial score (nSPS) is 13.2. The van der Waals surface area contributed by atoms with Crippen molar-refractivity contribution in [3.05, 3.63) is 125 Å². The van der Waals surface area contributed by atoms with E-state index in [4.69, 9.17) is 11.2 Å². The van der Waals surface area contributed by atoms with Crippen molar-refractivity contribution < 1.29 is 0 Å².